The van der Waals surface area contributed by atoms with E-state index in [0.717, 1.165) is 0 Å². The van der Waals surface area contributed by atoms with Crippen molar-refractivity contribution in [2.24, 2.45) is 0 Å². The molecule has 0 aliphatic heterocycles. The van der Waals surface area contributed by atoms with E-state index in [0.29, 0.717) is 52.5 Å². The fourth-order valence-corrected chi connectivity index (χ4v) is 3.28. The lowest BCUT2D eigenvalue weighted by atomic mass is 10.2. The molecule has 1 N–H and O–H groups in total. The summed E-state index contributed by atoms with van der Waals surface area (Å²) in [5, 5.41) is 13.2. The van der Waals surface area contributed by atoms with E-state index in [9.17, 15) is 9.65 Å². The maximum atomic E-state index is 14.5. The molecule has 0 spiro atoms. The molecule has 0 unspecified atom stereocenters. The Morgan fingerprint density at radius 1 is 1.10 bits per heavy atom. The van der Waals surface area contributed by atoms with Gasteiger partial charge < -0.3 is 19.4 Å². The largest absolute Gasteiger partial charge is 0.496 e. The number of nitrogens with zero attached hydrogens (tertiary/aromatic N) is 6. The standard InChI is InChI=1S/C21H18FN7O2/c1-30-18-4-3-16(22)20-15(18)7-14(9-23)29(20)6-5-24-19-8-17(27-12-28-19)13-10-25-21(31-2)26-11-13/h3-4,7-8,10-12H,5-6H2,1-2H3,(H,24,27,28). The number of nitrogens with one attached hydrogen (secondary N) is 1. The molecule has 0 aliphatic rings. The first-order valence-corrected chi connectivity index (χ1v) is 9.32. The van der Waals surface area contributed by atoms with Crippen LogP contribution in [0, 0.1) is 17.1 Å². The summed E-state index contributed by atoms with van der Waals surface area (Å²) in [4.78, 5) is 16.6. The van der Waals surface area contributed by atoms with Gasteiger partial charge in [0.15, 0.2) is 0 Å². The second kappa shape index (κ2) is 8.62. The predicted molar refractivity (Wildman–Crippen MR) is 111 cm³/mol. The zero-order valence-corrected chi connectivity index (χ0v) is 16.8. The summed E-state index contributed by atoms with van der Waals surface area (Å²) < 4.78 is 26.4. The Kier molecular flexibility index (Phi) is 5.57. The van der Waals surface area contributed by atoms with Crippen LogP contribution in [-0.2, 0) is 6.54 Å². The molecule has 3 heterocycles. The van der Waals surface area contributed by atoms with E-state index in [4.69, 9.17) is 9.47 Å². The molecule has 9 nitrogen and oxygen atoms in total. The number of anilines is 1. The van der Waals surface area contributed by atoms with Gasteiger partial charge in [0, 0.05) is 42.5 Å². The number of methoxy groups -OCH3 is 2. The summed E-state index contributed by atoms with van der Waals surface area (Å²) >= 11 is 0. The van der Waals surface area contributed by atoms with Gasteiger partial charge in [-0.15, -0.1) is 0 Å². The minimum Gasteiger partial charge on any atom is -0.496 e. The van der Waals surface area contributed by atoms with Crippen LogP contribution in [0.15, 0.2) is 43.0 Å². The summed E-state index contributed by atoms with van der Waals surface area (Å²) in [6, 6.07) is 8.65. The summed E-state index contributed by atoms with van der Waals surface area (Å²) in [6.07, 6.45) is 4.65. The van der Waals surface area contributed by atoms with E-state index >= 15 is 0 Å². The molecule has 0 atom stereocenters. The van der Waals surface area contributed by atoms with Crippen molar-refractivity contribution in [2.45, 2.75) is 6.54 Å². The highest BCUT2D eigenvalue weighted by molar-refractivity contribution is 5.88. The highest BCUT2D eigenvalue weighted by Gasteiger charge is 2.16. The van der Waals surface area contributed by atoms with Crippen LogP contribution in [0.5, 0.6) is 11.8 Å². The third kappa shape index (κ3) is 3.93. The number of ether oxygens (including phenoxy) is 2. The number of rotatable bonds is 7. The van der Waals surface area contributed by atoms with Crippen LogP contribution >= 0.6 is 0 Å². The van der Waals surface area contributed by atoms with Crippen LogP contribution in [-0.4, -0.2) is 45.3 Å². The first-order valence-electron chi connectivity index (χ1n) is 9.32. The molecular weight excluding hydrogens is 401 g/mol. The maximum Gasteiger partial charge on any atom is 0.316 e. The molecule has 0 bridgehead atoms. The van der Waals surface area contributed by atoms with Gasteiger partial charge in [-0.3, -0.25) is 0 Å². The van der Waals surface area contributed by atoms with Crippen LogP contribution in [0.3, 0.4) is 0 Å². The van der Waals surface area contributed by atoms with Crippen molar-refractivity contribution in [1.82, 2.24) is 24.5 Å². The number of hydrogen-bond acceptors (Lipinski definition) is 8. The van der Waals surface area contributed by atoms with E-state index in [1.807, 2.05) is 0 Å². The second-order valence-corrected chi connectivity index (χ2v) is 6.48. The van der Waals surface area contributed by atoms with Gasteiger partial charge in [0.1, 0.15) is 35.5 Å². The molecule has 4 rings (SSSR count). The van der Waals surface area contributed by atoms with Crippen molar-refractivity contribution in [3.8, 4) is 29.1 Å². The normalized spacial score (nSPS) is 10.6. The van der Waals surface area contributed by atoms with Crippen molar-refractivity contribution >= 4 is 16.7 Å². The van der Waals surface area contributed by atoms with E-state index in [-0.39, 0.29) is 6.01 Å². The van der Waals surface area contributed by atoms with Crippen molar-refractivity contribution in [1.29, 1.82) is 5.26 Å². The summed E-state index contributed by atoms with van der Waals surface area (Å²) in [5.41, 5.74) is 2.03. The van der Waals surface area contributed by atoms with Gasteiger partial charge in [0.05, 0.1) is 25.4 Å². The monoisotopic (exact) mass is 419 g/mol. The Bertz CT molecular complexity index is 1270. The first kappa shape index (κ1) is 20.0. The smallest absolute Gasteiger partial charge is 0.316 e. The molecule has 0 amide bonds. The zero-order chi connectivity index (χ0) is 21.8. The van der Waals surface area contributed by atoms with Crippen LogP contribution in [0.2, 0.25) is 0 Å². The Morgan fingerprint density at radius 3 is 2.61 bits per heavy atom. The third-order valence-corrected chi connectivity index (χ3v) is 4.72. The van der Waals surface area contributed by atoms with Gasteiger partial charge in [-0.2, -0.15) is 5.26 Å². The molecule has 0 fully saturated rings. The average molecular weight is 419 g/mol. The van der Waals surface area contributed by atoms with E-state index in [1.165, 1.54) is 26.6 Å². The lowest BCUT2D eigenvalue weighted by Gasteiger charge is -2.11. The third-order valence-electron chi connectivity index (χ3n) is 4.72. The minimum atomic E-state index is -0.416. The lowest BCUT2D eigenvalue weighted by molar-refractivity contribution is 0.380. The number of benzene rings is 1. The van der Waals surface area contributed by atoms with Crippen LogP contribution < -0.4 is 14.8 Å². The fourth-order valence-electron chi connectivity index (χ4n) is 3.28. The molecule has 1 aromatic carbocycles. The van der Waals surface area contributed by atoms with Crippen molar-refractivity contribution in [3.05, 3.63) is 54.5 Å². The SMILES string of the molecule is COc1ncc(-c2cc(NCCn3c(C#N)cc4c(OC)ccc(F)c43)ncn2)cn1. The molecular formula is C21H18FN7O2. The molecule has 0 saturated carbocycles. The molecule has 0 aliphatic carbocycles. The van der Waals surface area contributed by atoms with Gasteiger partial charge in [0.25, 0.3) is 0 Å². The zero-order valence-electron chi connectivity index (χ0n) is 16.8. The fraction of sp³-hybridized carbons (Fsp3) is 0.190. The molecule has 156 valence electrons. The van der Waals surface area contributed by atoms with Crippen LogP contribution in [0.25, 0.3) is 22.2 Å². The van der Waals surface area contributed by atoms with Crippen LogP contribution in [0.4, 0.5) is 10.2 Å². The van der Waals surface area contributed by atoms with Gasteiger partial charge in [0.2, 0.25) is 0 Å². The van der Waals surface area contributed by atoms with E-state index in [2.05, 4.69) is 31.3 Å². The number of fused-ring (bicyclic) bond motifs is 1. The number of nitriles is 1. The Hall–Kier alpha value is -4.26. The molecule has 10 heteroatoms. The highest BCUT2D eigenvalue weighted by atomic mass is 19.1. The minimum absolute atomic E-state index is 0.271. The summed E-state index contributed by atoms with van der Waals surface area (Å²) in [7, 11) is 3.01. The van der Waals surface area contributed by atoms with Gasteiger partial charge in [-0.25, -0.2) is 24.3 Å². The maximum absolute atomic E-state index is 14.5. The molecule has 0 saturated heterocycles. The number of aromatic nitrogens is 5. The predicted octanol–water partition coefficient (Wildman–Crippen LogP) is 3.03. The Morgan fingerprint density at radius 2 is 1.90 bits per heavy atom. The summed E-state index contributed by atoms with van der Waals surface area (Å²) in [5.74, 6) is 0.678. The molecule has 0 radical (unpaired) electrons. The van der Waals surface area contributed by atoms with E-state index in [1.54, 1.807) is 35.2 Å². The Balaban J connectivity index is 1.53. The summed E-state index contributed by atoms with van der Waals surface area (Å²) in [6.45, 7) is 0.756. The van der Waals surface area contributed by atoms with Gasteiger partial charge in [-0.1, -0.05) is 0 Å². The van der Waals surface area contributed by atoms with Gasteiger partial charge >= 0.3 is 6.01 Å². The Labute approximate surface area is 177 Å². The topological polar surface area (TPSA) is 111 Å². The van der Waals surface area contributed by atoms with Crippen molar-refractivity contribution in [2.75, 3.05) is 26.1 Å². The van der Waals surface area contributed by atoms with Crippen molar-refractivity contribution in [3.63, 3.8) is 0 Å². The molecule has 31 heavy (non-hydrogen) atoms. The van der Waals surface area contributed by atoms with Crippen molar-refractivity contribution < 1.29 is 13.9 Å². The lowest BCUT2D eigenvalue weighted by Crippen LogP contribution is -2.13. The highest BCUT2D eigenvalue weighted by Crippen LogP contribution is 2.31. The number of hydrogen-bond donors (Lipinski definition) is 1. The van der Waals surface area contributed by atoms with Gasteiger partial charge in [-0.05, 0) is 18.2 Å². The molecule has 4 aromatic rings. The average Bonchev–Trinajstić information content (AvgIpc) is 3.19. The number of halogens is 1. The second-order valence-electron chi connectivity index (χ2n) is 6.48. The molecule has 3 aromatic heterocycles. The van der Waals surface area contributed by atoms with E-state index < -0.39 is 5.82 Å². The quantitative estimate of drug-likeness (QED) is 0.487. The van der Waals surface area contributed by atoms with Crippen LogP contribution in [0.1, 0.15) is 5.69 Å². The first-order chi connectivity index (χ1) is 15.1.